The summed E-state index contributed by atoms with van der Waals surface area (Å²) >= 11 is 0. The van der Waals surface area contributed by atoms with Gasteiger partial charge in [-0.3, -0.25) is 4.79 Å². The Morgan fingerprint density at radius 1 is 1.47 bits per heavy atom. The maximum absolute atomic E-state index is 11.7. The molecule has 0 radical (unpaired) electrons. The van der Waals surface area contributed by atoms with Gasteiger partial charge in [0, 0.05) is 12.3 Å². The smallest absolute Gasteiger partial charge is 0.136 e. The summed E-state index contributed by atoms with van der Waals surface area (Å²) in [4.78, 5) is 11.7. The molecule has 1 aliphatic carbocycles. The molecule has 1 saturated carbocycles. The molecule has 0 heterocycles. The zero-order chi connectivity index (χ0) is 11.4. The fraction of sp³-hybridized carbons (Fsp3) is 0.923. The van der Waals surface area contributed by atoms with Gasteiger partial charge in [-0.15, -0.1) is 0 Å². The number of carbonyl (C=O) groups excluding carboxylic acids is 1. The number of hydrogen-bond acceptors (Lipinski definition) is 2. The average Bonchev–Trinajstić information content (AvgIpc) is 2.20. The summed E-state index contributed by atoms with van der Waals surface area (Å²) in [5, 5.41) is 9.60. The quantitative estimate of drug-likeness (QED) is 0.778. The van der Waals surface area contributed by atoms with Gasteiger partial charge >= 0.3 is 0 Å². The molecule has 1 N–H and O–H groups in total. The Morgan fingerprint density at radius 3 is 2.67 bits per heavy atom. The molecule has 0 aliphatic heterocycles. The van der Waals surface area contributed by atoms with Crippen LogP contribution in [0.5, 0.6) is 0 Å². The summed E-state index contributed by atoms with van der Waals surface area (Å²) in [6.07, 6.45) is 3.92. The maximum Gasteiger partial charge on any atom is 0.136 e. The number of aliphatic hydroxyl groups is 1. The molecule has 3 atom stereocenters. The molecule has 0 aromatic carbocycles. The molecule has 0 spiro atoms. The van der Waals surface area contributed by atoms with Crippen LogP contribution in [0.3, 0.4) is 0 Å². The van der Waals surface area contributed by atoms with Crippen molar-refractivity contribution in [3.63, 3.8) is 0 Å². The zero-order valence-electron chi connectivity index (χ0n) is 10.2. The van der Waals surface area contributed by atoms with Gasteiger partial charge in [0.25, 0.3) is 0 Å². The van der Waals surface area contributed by atoms with E-state index in [1.165, 1.54) is 0 Å². The minimum absolute atomic E-state index is 0.126. The molecule has 0 saturated heterocycles. The lowest BCUT2D eigenvalue weighted by Crippen LogP contribution is -2.30. The van der Waals surface area contributed by atoms with Crippen LogP contribution in [0.25, 0.3) is 0 Å². The molecule has 0 amide bonds. The molecule has 88 valence electrons. The van der Waals surface area contributed by atoms with Crippen LogP contribution in [0.15, 0.2) is 0 Å². The average molecular weight is 212 g/mol. The summed E-state index contributed by atoms with van der Waals surface area (Å²) in [5.41, 5.74) is 0. The van der Waals surface area contributed by atoms with Crippen molar-refractivity contribution in [1.29, 1.82) is 0 Å². The number of rotatable bonds is 4. The van der Waals surface area contributed by atoms with E-state index in [-0.39, 0.29) is 12.0 Å². The van der Waals surface area contributed by atoms with Gasteiger partial charge < -0.3 is 5.11 Å². The Balaban J connectivity index is 2.50. The molecular weight excluding hydrogens is 188 g/mol. The Bertz CT molecular complexity index is 211. The first-order chi connectivity index (χ1) is 7.04. The fourth-order valence-corrected chi connectivity index (χ4v) is 2.47. The van der Waals surface area contributed by atoms with Gasteiger partial charge in [0.05, 0.1) is 6.10 Å². The van der Waals surface area contributed by atoms with E-state index in [1.54, 1.807) is 0 Å². The first-order valence-electron chi connectivity index (χ1n) is 6.25. The SMILES string of the molecule is CCC(O)CC1CC(C(C)C)CCC1=O. The van der Waals surface area contributed by atoms with Crippen molar-refractivity contribution in [2.75, 3.05) is 0 Å². The first-order valence-corrected chi connectivity index (χ1v) is 6.25. The third kappa shape index (κ3) is 3.60. The van der Waals surface area contributed by atoms with Gasteiger partial charge in [0.1, 0.15) is 5.78 Å². The molecule has 15 heavy (non-hydrogen) atoms. The molecule has 0 aromatic heterocycles. The van der Waals surface area contributed by atoms with Crippen molar-refractivity contribution in [2.45, 2.75) is 59.0 Å². The summed E-state index contributed by atoms with van der Waals surface area (Å²) in [6.45, 7) is 6.43. The molecule has 1 aliphatic rings. The number of Topliss-reactive ketones (excluding diaryl/α,β-unsaturated/α-hetero) is 1. The number of carbonyl (C=O) groups is 1. The molecule has 3 unspecified atom stereocenters. The van der Waals surface area contributed by atoms with Crippen LogP contribution in [0.1, 0.15) is 52.9 Å². The topological polar surface area (TPSA) is 37.3 Å². The highest BCUT2D eigenvalue weighted by Gasteiger charge is 2.30. The predicted octanol–water partition coefficient (Wildman–Crippen LogP) is 2.79. The van der Waals surface area contributed by atoms with E-state index < -0.39 is 0 Å². The third-order valence-electron chi connectivity index (χ3n) is 3.77. The second-order valence-corrected chi connectivity index (χ2v) is 5.24. The van der Waals surface area contributed by atoms with Crippen LogP contribution in [-0.2, 0) is 4.79 Å². The minimum atomic E-state index is -0.287. The van der Waals surface area contributed by atoms with Crippen LogP contribution in [0, 0.1) is 17.8 Å². The van der Waals surface area contributed by atoms with Gasteiger partial charge in [0.15, 0.2) is 0 Å². The van der Waals surface area contributed by atoms with E-state index in [0.717, 1.165) is 25.7 Å². The van der Waals surface area contributed by atoms with Crippen LogP contribution >= 0.6 is 0 Å². The highest BCUT2D eigenvalue weighted by Crippen LogP contribution is 2.34. The number of hydrogen-bond donors (Lipinski definition) is 1. The Hall–Kier alpha value is -0.370. The first kappa shape index (κ1) is 12.7. The molecule has 2 heteroatoms. The second kappa shape index (κ2) is 5.64. The molecule has 1 rings (SSSR count). The molecular formula is C13H24O2. The van der Waals surface area contributed by atoms with Gasteiger partial charge in [-0.1, -0.05) is 20.8 Å². The normalized spacial score (nSPS) is 29.5. The summed E-state index contributed by atoms with van der Waals surface area (Å²) < 4.78 is 0. The second-order valence-electron chi connectivity index (χ2n) is 5.24. The van der Waals surface area contributed by atoms with E-state index in [2.05, 4.69) is 13.8 Å². The maximum atomic E-state index is 11.7. The summed E-state index contributed by atoms with van der Waals surface area (Å²) in [5.74, 6) is 1.84. The highest BCUT2D eigenvalue weighted by atomic mass is 16.3. The minimum Gasteiger partial charge on any atom is -0.393 e. The lowest BCUT2D eigenvalue weighted by atomic mass is 9.73. The number of ketones is 1. The third-order valence-corrected chi connectivity index (χ3v) is 3.77. The van der Waals surface area contributed by atoms with Crippen LogP contribution in [-0.4, -0.2) is 17.0 Å². The molecule has 1 fully saturated rings. The van der Waals surface area contributed by atoms with Gasteiger partial charge in [-0.25, -0.2) is 0 Å². The van der Waals surface area contributed by atoms with Crippen molar-refractivity contribution in [1.82, 2.24) is 0 Å². The van der Waals surface area contributed by atoms with Crippen molar-refractivity contribution in [3.8, 4) is 0 Å². The fourth-order valence-electron chi connectivity index (χ4n) is 2.47. The Morgan fingerprint density at radius 2 is 2.13 bits per heavy atom. The van der Waals surface area contributed by atoms with Crippen LogP contribution in [0.4, 0.5) is 0 Å². The Kier molecular flexibility index (Phi) is 4.78. The van der Waals surface area contributed by atoms with Gasteiger partial charge in [0.2, 0.25) is 0 Å². The standard InChI is InChI=1S/C13H24O2/c1-4-12(14)8-11-7-10(9(2)3)5-6-13(11)15/h9-12,14H,4-8H2,1-3H3. The summed E-state index contributed by atoms with van der Waals surface area (Å²) in [7, 11) is 0. The lowest BCUT2D eigenvalue weighted by Gasteiger charge is -2.31. The van der Waals surface area contributed by atoms with E-state index in [1.807, 2.05) is 6.92 Å². The van der Waals surface area contributed by atoms with Crippen molar-refractivity contribution in [2.24, 2.45) is 17.8 Å². The van der Waals surface area contributed by atoms with Crippen molar-refractivity contribution < 1.29 is 9.90 Å². The predicted molar refractivity (Wildman–Crippen MR) is 61.6 cm³/mol. The highest BCUT2D eigenvalue weighted by molar-refractivity contribution is 5.81. The largest absolute Gasteiger partial charge is 0.393 e. The van der Waals surface area contributed by atoms with Crippen LogP contribution in [0.2, 0.25) is 0 Å². The van der Waals surface area contributed by atoms with E-state index in [0.29, 0.717) is 24.0 Å². The van der Waals surface area contributed by atoms with E-state index >= 15 is 0 Å². The molecule has 2 nitrogen and oxygen atoms in total. The molecule has 0 aromatic rings. The van der Waals surface area contributed by atoms with Crippen LogP contribution < -0.4 is 0 Å². The zero-order valence-corrected chi connectivity index (χ0v) is 10.2. The Labute approximate surface area is 93.1 Å². The van der Waals surface area contributed by atoms with E-state index in [4.69, 9.17) is 0 Å². The monoisotopic (exact) mass is 212 g/mol. The van der Waals surface area contributed by atoms with Crippen molar-refractivity contribution in [3.05, 3.63) is 0 Å². The van der Waals surface area contributed by atoms with Gasteiger partial charge in [-0.2, -0.15) is 0 Å². The van der Waals surface area contributed by atoms with Crippen molar-refractivity contribution >= 4 is 5.78 Å². The van der Waals surface area contributed by atoms with E-state index in [9.17, 15) is 9.90 Å². The molecule has 0 bridgehead atoms. The lowest BCUT2D eigenvalue weighted by molar-refractivity contribution is -0.127. The summed E-state index contributed by atoms with van der Waals surface area (Å²) in [6, 6.07) is 0. The number of aliphatic hydroxyl groups excluding tert-OH is 1. The van der Waals surface area contributed by atoms with Gasteiger partial charge in [-0.05, 0) is 37.5 Å².